The van der Waals surface area contributed by atoms with Crippen molar-refractivity contribution in [3.05, 3.63) is 70.2 Å². The molecule has 0 radical (unpaired) electrons. The maximum Gasteiger partial charge on any atom is 0.226 e. The van der Waals surface area contributed by atoms with Crippen molar-refractivity contribution in [1.29, 1.82) is 0 Å². The van der Waals surface area contributed by atoms with E-state index in [0.29, 0.717) is 18.0 Å². The number of nitrogens with one attached hydrogen (secondary N) is 2. The van der Waals surface area contributed by atoms with E-state index in [1.54, 1.807) is 0 Å². The molecule has 0 bridgehead atoms. The van der Waals surface area contributed by atoms with Gasteiger partial charge in [-0.2, -0.15) is 0 Å². The molecule has 4 aromatic rings. The molecule has 0 aliphatic rings. The summed E-state index contributed by atoms with van der Waals surface area (Å²) in [5.74, 6) is -0.0106. The largest absolute Gasteiger partial charge is 0.361 e. The average molecular weight is 390 g/mol. The van der Waals surface area contributed by atoms with E-state index >= 15 is 0 Å². The second-order valence-corrected chi connectivity index (χ2v) is 8.08. The molecule has 0 fully saturated rings. The van der Waals surface area contributed by atoms with Crippen LogP contribution in [0, 0.1) is 20.8 Å². The van der Waals surface area contributed by atoms with Gasteiger partial charge in [-0.25, -0.2) is 4.98 Å². The van der Waals surface area contributed by atoms with Gasteiger partial charge in [-0.05, 0) is 49.9 Å². The summed E-state index contributed by atoms with van der Waals surface area (Å²) in [7, 11) is 0. The van der Waals surface area contributed by atoms with Crippen molar-refractivity contribution in [2.45, 2.75) is 33.6 Å². The van der Waals surface area contributed by atoms with Crippen molar-refractivity contribution >= 4 is 33.3 Å². The number of hydrogen-bond acceptors (Lipinski definition) is 3. The summed E-state index contributed by atoms with van der Waals surface area (Å²) in [6.45, 7) is 6.31. The zero-order valence-corrected chi connectivity index (χ0v) is 17.1. The third-order valence-electron chi connectivity index (χ3n) is 4.98. The van der Waals surface area contributed by atoms with Gasteiger partial charge in [-0.1, -0.05) is 35.9 Å². The lowest BCUT2D eigenvalue weighted by Gasteiger charge is -2.08. The number of carbonyl (C=O) groups is 1. The van der Waals surface area contributed by atoms with Crippen LogP contribution in [0.3, 0.4) is 0 Å². The number of amides is 1. The number of thiazole rings is 1. The predicted octanol–water partition coefficient (Wildman–Crippen LogP) is 5.79. The Hall–Kier alpha value is -2.92. The number of fused-ring (bicyclic) bond motifs is 1. The van der Waals surface area contributed by atoms with Gasteiger partial charge in [0.1, 0.15) is 0 Å². The molecular weight excluding hydrogens is 366 g/mol. The fourth-order valence-corrected chi connectivity index (χ4v) is 4.52. The second kappa shape index (κ2) is 7.60. The first-order valence-electron chi connectivity index (χ1n) is 9.40. The van der Waals surface area contributed by atoms with Crippen molar-refractivity contribution in [2.24, 2.45) is 0 Å². The number of H-pyrrole nitrogens is 1. The molecule has 2 heterocycles. The summed E-state index contributed by atoms with van der Waals surface area (Å²) in [5, 5.41) is 6.79. The van der Waals surface area contributed by atoms with Crippen molar-refractivity contribution in [2.75, 3.05) is 5.32 Å². The van der Waals surface area contributed by atoms with Gasteiger partial charge in [0.2, 0.25) is 5.91 Å². The normalized spacial score (nSPS) is 11.1. The van der Waals surface area contributed by atoms with E-state index in [4.69, 9.17) is 0 Å². The molecule has 142 valence electrons. The monoisotopic (exact) mass is 389 g/mol. The third-order valence-corrected chi connectivity index (χ3v) is 5.74. The number of anilines is 1. The molecule has 2 aromatic carbocycles. The first kappa shape index (κ1) is 18.4. The molecule has 0 aliphatic heterocycles. The van der Waals surface area contributed by atoms with Crippen LogP contribution in [0.25, 0.3) is 22.2 Å². The predicted molar refractivity (Wildman–Crippen MR) is 117 cm³/mol. The van der Waals surface area contributed by atoms with Crippen LogP contribution in [0.1, 0.15) is 28.7 Å². The molecule has 0 unspecified atom stereocenters. The first-order chi connectivity index (χ1) is 13.5. The van der Waals surface area contributed by atoms with Gasteiger partial charge in [0.25, 0.3) is 0 Å². The molecule has 4 rings (SSSR count). The van der Waals surface area contributed by atoms with E-state index in [1.165, 1.54) is 33.4 Å². The standard InChI is InChI=1S/C23H23N3OS/c1-14-10-15(2)22(16(3)11-14)20-13-28-23(25-20)26-21(27)9-8-17-12-24-19-7-5-4-6-18(17)19/h4-7,10-13,24H,8-9H2,1-3H3,(H,25,26,27). The highest BCUT2D eigenvalue weighted by Gasteiger charge is 2.13. The van der Waals surface area contributed by atoms with Crippen LogP contribution in [0.15, 0.2) is 48.0 Å². The lowest BCUT2D eigenvalue weighted by molar-refractivity contribution is -0.116. The molecule has 4 nitrogen and oxygen atoms in total. The molecular formula is C23H23N3OS. The summed E-state index contributed by atoms with van der Waals surface area (Å²) in [6.07, 6.45) is 3.12. The molecule has 0 spiro atoms. The Morgan fingerprint density at radius 1 is 1.14 bits per heavy atom. The molecule has 0 saturated carbocycles. The Labute approximate surface area is 168 Å². The zero-order valence-electron chi connectivity index (χ0n) is 16.3. The number of carbonyl (C=O) groups excluding carboxylic acids is 1. The lowest BCUT2D eigenvalue weighted by Crippen LogP contribution is -2.12. The molecule has 1 amide bonds. The quantitative estimate of drug-likeness (QED) is 0.454. The van der Waals surface area contributed by atoms with Gasteiger partial charge >= 0.3 is 0 Å². The van der Waals surface area contributed by atoms with Crippen molar-refractivity contribution in [3.8, 4) is 11.3 Å². The molecule has 2 N–H and O–H groups in total. The van der Waals surface area contributed by atoms with Gasteiger partial charge in [-0.15, -0.1) is 11.3 Å². The fraction of sp³-hybridized carbons (Fsp3) is 0.217. The molecule has 28 heavy (non-hydrogen) atoms. The van der Waals surface area contributed by atoms with E-state index in [9.17, 15) is 4.79 Å². The minimum absolute atomic E-state index is 0.0106. The Bertz CT molecular complexity index is 1130. The van der Waals surface area contributed by atoms with E-state index in [0.717, 1.165) is 22.3 Å². The van der Waals surface area contributed by atoms with Gasteiger partial charge in [0.15, 0.2) is 5.13 Å². The molecule has 0 aliphatic carbocycles. The van der Waals surface area contributed by atoms with Crippen LogP contribution in [-0.4, -0.2) is 15.9 Å². The van der Waals surface area contributed by atoms with E-state index in [-0.39, 0.29) is 5.91 Å². The van der Waals surface area contributed by atoms with Crippen LogP contribution in [-0.2, 0) is 11.2 Å². The summed E-state index contributed by atoms with van der Waals surface area (Å²) >= 11 is 1.47. The van der Waals surface area contributed by atoms with Crippen molar-refractivity contribution < 1.29 is 4.79 Å². The zero-order chi connectivity index (χ0) is 19.7. The number of aryl methyl sites for hydroxylation is 4. The molecule has 0 atom stereocenters. The highest BCUT2D eigenvalue weighted by molar-refractivity contribution is 7.14. The molecule has 0 saturated heterocycles. The highest BCUT2D eigenvalue weighted by atomic mass is 32.1. The topological polar surface area (TPSA) is 57.8 Å². The number of rotatable bonds is 5. The highest BCUT2D eigenvalue weighted by Crippen LogP contribution is 2.31. The SMILES string of the molecule is Cc1cc(C)c(-c2csc(NC(=O)CCc3c[nH]c4ccccc34)n2)c(C)c1. The number of aromatic amines is 1. The number of aromatic nitrogens is 2. The first-order valence-corrected chi connectivity index (χ1v) is 10.3. The van der Waals surface area contributed by atoms with Crippen molar-refractivity contribution in [1.82, 2.24) is 9.97 Å². The van der Waals surface area contributed by atoms with Crippen LogP contribution >= 0.6 is 11.3 Å². The Morgan fingerprint density at radius 2 is 1.89 bits per heavy atom. The Balaban J connectivity index is 1.43. The molecule has 5 heteroatoms. The number of hydrogen-bond donors (Lipinski definition) is 2. The summed E-state index contributed by atoms with van der Waals surface area (Å²) < 4.78 is 0. The van der Waals surface area contributed by atoms with Crippen LogP contribution in [0.2, 0.25) is 0 Å². The maximum atomic E-state index is 12.4. The van der Waals surface area contributed by atoms with Crippen LogP contribution in [0.5, 0.6) is 0 Å². The number of nitrogens with zero attached hydrogens (tertiary/aromatic N) is 1. The summed E-state index contributed by atoms with van der Waals surface area (Å²) in [4.78, 5) is 20.3. The van der Waals surface area contributed by atoms with E-state index in [2.05, 4.69) is 54.3 Å². The lowest BCUT2D eigenvalue weighted by atomic mass is 9.98. The maximum absolute atomic E-state index is 12.4. The number of para-hydroxylation sites is 1. The van der Waals surface area contributed by atoms with Gasteiger partial charge in [0, 0.05) is 34.5 Å². The van der Waals surface area contributed by atoms with Gasteiger partial charge in [-0.3, -0.25) is 4.79 Å². The summed E-state index contributed by atoms with van der Waals surface area (Å²) in [6, 6.07) is 12.5. The van der Waals surface area contributed by atoms with Gasteiger partial charge in [0.05, 0.1) is 5.69 Å². The van der Waals surface area contributed by atoms with Crippen molar-refractivity contribution in [3.63, 3.8) is 0 Å². The number of benzene rings is 2. The second-order valence-electron chi connectivity index (χ2n) is 7.22. The third kappa shape index (κ3) is 3.71. The van der Waals surface area contributed by atoms with E-state index in [1.807, 2.05) is 29.8 Å². The average Bonchev–Trinajstić information content (AvgIpc) is 3.26. The Kier molecular flexibility index (Phi) is 5.01. The van der Waals surface area contributed by atoms with Gasteiger partial charge < -0.3 is 10.3 Å². The van der Waals surface area contributed by atoms with E-state index < -0.39 is 0 Å². The fourth-order valence-electron chi connectivity index (χ4n) is 3.80. The minimum Gasteiger partial charge on any atom is -0.361 e. The smallest absolute Gasteiger partial charge is 0.226 e. The summed E-state index contributed by atoms with van der Waals surface area (Å²) in [5.41, 5.74) is 8.01. The molecule has 2 aromatic heterocycles. The Morgan fingerprint density at radius 3 is 2.68 bits per heavy atom. The minimum atomic E-state index is -0.0106. The van der Waals surface area contributed by atoms with Crippen LogP contribution < -0.4 is 5.32 Å². The van der Waals surface area contributed by atoms with Crippen LogP contribution in [0.4, 0.5) is 5.13 Å².